The Kier molecular flexibility index (Phi) is 5.54. The lowest BCUT2D eigenvalue weighted by molar-refractivity contribution is -0.119. The smallest absolute Gasteiger partial charge is 0.311 e. The van der Waals surface area contributed by atoms with Crippen LogP contribution in [0.1, 0.15) is 36.6 Å². The maximum Gasteiger partial charge on any atom is 0.346 e. The van der Waals surface area contributed by atoms with E-state index in [1.54, 1.807) is 11.9 Å². The van der Waals surface area contributed by atoms with E-state index < -0.39 is 10.0 Å². The molecule has 2 aliphatic rings. The summed E-state index contributed by atoms with van der Waals surface area (Å²) in [5, 5.41) is 4.44. The lowest BCUT2D eigenvalue weighted by Gasteiger charge is -2.30. The molecule has 162 valence electrons. The van der Waals surface area contributed by atoms with E-state index in [2.05, 4.69) is 5.10 Å². The van der Waals surface area contributed by atoms with Gasteiger partial charge in [0.25, 0.3) is 0 Å². The highest BCUT2D eigenvalue weighted by molar-refractivity contribution is 7.88. The predicted octanol–water partition coefficient (Wildman–Crippen LogP) is 0.700. The average molecular weight is 434 g/mol. The van der Waals surface area contributed by atoms with E-state index >= 15 is 0 Å². The molecule has 1 fully saturated rings. The molecule has 1 atom stereocenters. The van der Waals surface area contributed by atoms with Crippen LogP contribution in [-0.2, 0) is 34.8 Å². The van der Waals surface area contributed by atoms with E-state index in [4.69, 9.17) is 0 Å². The first-order valence-corrected chi connectivity index (χ1v) is 12.1. The van der Waals surface area contributed by atoms with Gasteiger partial charge in [-0.1, -0.05) is 18.2 Å². The van der Waals surface area contributed by atoms with Crippen LogP contribution < -0.4 is 10.6 Å². The van der Waals surface area contributed by atoms with Crippen molar-refractivity contribution >= 4 is 21.6 Å². The van der Waals surface area contributed by atoms with Gasteiger partial charge in [-0.15, -0.1) is 0 Å². The number of anilines is 1. The summed E-state index contributed by atoms with van der Waals surface area (Å²) < 4.78 is 27.9. The Morgan fingerprint density at radius 1 is 1.20 bits per heavy atom. The Hall–Kier alpha value is -2.46. The molecule has 0 aliphatic carbocycles. The molecule has 1 aromatic carbocycles. The molecule has 2 aliphatic heterocycles. The van der Waals surface area contributed by atoms with Crippen molar-refractivity contribution in [2.24, 2.45) is 7.05 Å². The average Bonchev–Trinajstić information content (AvgIpc) is 3.01. The molecule has 0 saturated carbocycles. The summed E-state index contributed by atoms with van der Waals surface area (Å²) >= 11 is 0. The molecule has 2 aromatic rings. The number of aromatic nitrogens is 3. The summed E-state index contributed by atoms with van der Waals surface area (Å²) in [6.07, 6.45) is 4.48. The largest absolute Gasteiger partial charge is 0.346 e. The lowest BCUT2D eigenvalue weighted by atomic mass is 9.99. The van der Waals surface area contributed by atoms with Gasteiger partial charge < -0.3 is 4.90 Å². The number of fused-ring (bicyclic) bond motifs is 1. The number of hydrogen-bond acceptors (Lipinski definition) is 5. The van der Waals surface area contributed by atoms with Crippen molar-refractivity contribution in [1.29, 1.82) is 0 Å². The summed E-state index contributed by atoms with van der Waals surface area (Å²) in [4.78, 5) is 27.5. The Labute approximate surface area is 175 Å². The number of amides is 1. The van der Waals surface area contributed by atoms with Crippen LogP contribution in [0.5, 0.6) is 0 Å². The number of carbonyl (C=O) groups excluding carboxylic acids is 1. The van der Waals surface area contributed by atoms with Gasteiger partial charge in [0.2, 0.25) is 15.9 Å². The van der Waals surface area contributed by atoms with Crippen molar-refractivity contribution in [3.8, 4) is 0 Å². The molecule has 1 aromatic heterocycles. The van der Waals surface area contributed by atoms with Crippen LogP contribution in [0.25, 0.3) is 0 Å². The fraction of sp³-hybridized carbons (Fsp3) is 0.550. The zero-order valence-corrected chi connectivity index (χ0v) is 18.1. The monoisotopic (exact) mass is 433 g/mol. The van der Waals surface area contributed by atoms with Gasteiger partial charge in [-0.05, 0) is 37.3 Å². The minimum Gasteiger partial charge on any atom is -0.311 e. The van der Waals surface area contributed by atoms with Crippen molar-refractivity contribution < 1.29 is 13.2 Å². The van der Waals surface area contributed by atoms with Gasteiger partial charge in [-0.3, -0.25) is 9.36 Å². The number of rotatable bonds is 4. The number of benzene rings is 1. The van der Waals surface area contributed by atoms with E-state index in [1.807, 2.05) is 24.3 Å². The second-order valence-electron chi connectivity index (χ2n) is 8.10. The fourth-order valence-corrected chi connectivity index (χ4v) is 5.34. The molecule has 3 heterocycles. The lowest BCUT2D eigenvalue weighted by Crippen LogP contribution is -2.40. The van der Waals surface area contributed by atoms with Gasteiger partial charge in [-0.2, -0.15) is 5.10 Å². The minimum absolute atomic E-state index is 0.135. The standard InChI is InChI=1S/C20H27N5O4S/c1-22-19(16-9-5-11-23(13-16)30(2,28)29)21-25(20(22)27)14-18(26)24-12-6-8-15-7-3-4-10-17(15)24/h3-4,7,10,16H,5-6,8-9,11-14H2,1-2H3/t16-/m0/s1. The first kappa shape index (κ1) is 20.8. The third kappa shape index (κ3) is 3.93. The van der Waals surface area contributed by atoms with Crippen LogP contribution >= 0.6 is 0 Å². The molecule has 9 nitrogen and oxygen atoms in total. The van der Waals surface area contributed by atoms with E-state index in [9.17, 15) is 18.0 Å². The topological polar surface area (TPSA) is 97.5 Å². The predicted molar refractivity (Wildman–Crippen MR) is 113 cm³/mol. The highest BCUT2D eigenvalue weighted by Gasteiger charge is 2.31. The van der Waals surface area contributed by atoms with Crippen LogP contribution in [0.4, 0.5) is 5.69 Å². The highest BCUT2D eigenvalue weighted by Crippen LogP contribution is 2.28. The van der Waals surface area contributed by atoms with E-state index in [-0.39, 0.29) is 24.1 Å². The molecule has 1 amide bonds. The van der Waals surface area contributed by atoms with Crippen molar-refractivity contribution in [3.63, 3.8) is 0 Å². The van der Waals surface area contributed by atoms with Crippen LogP contribution in [0, 0.1) is 0 Å². The normalized spacial score (nSPS) is 20.2. The van der Waals surface area contributed by atoms with Crippen LogP contribution in [0.2, 0.25) is 0 Å². The first-order chi connectivity index (χ1) is 14.3. The highest BCUT2D eigenvalue weighted by atomic mass is 32.2. The van der Waals surface area contributed by atoms with Gasteiger partial charge in [0.1, 0.15) is 12.4 Å². The van der Waals surface area contributed by atoms with Crippen LogP contribution in [0.3, 0.4) is 0 Å². The van der Waals surface area contributed by atoms with Gasteiger partial charge in [0, 0.05) is 38.3 Å². The van der Waals surface area contributed by atoms with E-state index in [0.717, 1.165) is 30.5 Å². The number of carbonyl (C=O) groups is 1. The van der Waals surface area contributed by atoms with Crippen LogP contribution in [-0.4, -0.2) is 58.9 Å². The van der Waals surface area contributed by atoms with Gasteiger partial charge in [0.05, 0.1) is 6.26 Å². The molecule has 0 bridgehead atoms. The maximum absolute atomic E-state index is 13.0. The number of para-hydroxylation sites is 1. The van der Waals surface area contributed by atoms with Gasteiger partial charge >= 0.3 is 5.69 Å². The maximum atomic E-state index is 13.0. The summed E-state index contributed by atoms with van der Waals surface area (Å²) in [5.41, 5.74) is 1.67. The zero-order valence-electron chi connectivity index (χ0n) is 17.3. The number of piperidine rings is 1. The SMILES string of the molecule is Cn1c([C@H]2CCCN(S(C)(=O)=O)C2)nn(CC(=O)N2CCCc3ccccc32)c1=O. The molecular formula is C20H27N5O4S. The molecule has 4 rings (SSSR count). The minimum atomic E-state index is -3.29. The Balaban J connectivity index is 1.56. The van der Waals surface area contributed by atoms with Crippen molar-refractivity contribution in [2.75, 3.05) is 30.8 Å². The second-order valence-corrected chi connectivity index (χ2v) is 10.1. The third-order valence-corrected chi connectivity index (χ3v) is 7.26. The Morgan fingerprint density at radius 2 is 1.97 bits per heavy atom. The molecule has 0 N–H and O–H groups in total. The first-order valence-electron chi connectivity index (χ1n) is 10.2. The Morgan fingerprint density at radius 3 is 2.73 bits per heavy atom. The molecule has 0 unspecified atom stereocenters. The number of sulfonamides is 1. The van der Waals surface area contributed by atoms with Crippen molar-refractivity contribution in [2.45, 2.75) is 38.1 Å². The van der Waals surface area contributed by atoms with Crippen molar-refractivity contribution in [1.82, 2.24) is 18.7 Å². The summed E-state index contributed by atoms with van der Waals surface area (Å²) in [6, 6.07) is 7.83. The molecule has 10 heteroatoms. The summed E-state index contributed by atoms with van der Waals surface area (Å²) in [7, 11) is -1.67. The van der Waals surface area contributed by atoms with Gasteiger partial charge in [-0.25, -0.2) is 22.2 Å². The Bertz CT molecular complexity index is 1120. The van der Waals surface area contributed by atoms with Crippen molar-refractivity contribution in [3.05, 3.63) is 46.1 Å². The molecular weight excluding hydrogens is 406 g/mol. The number of aryl methyl sites for hydroxylation is 1. The molecule has 30 heavy (non-hydrogen) atoms. The second kappa shape index (κ2) is 7.99. The van der Waals surface area contributed by atoms with E-state index in [0.29, 0.717) is 31.9 Å². The fourth-order valence-electron chi connectivity index (χ4n) is 4.42. The summed E-state index contributed by atoms with van der Waals surface area (Å²) in [5.74, 6) is 0.189. The van der Waals surface area contributed by atoms with Gasteiger partial charge in [0.15, 0.2) is 0 Å². The zero-order chi connectivity index (χ0) is 21.5. The molecule has 0 radical (unpaired) electrons. The third-order valence-electron chi connectivity index (χ3n) is 5.99. The number of hydrogen-bond donors (Lipinski definition) is 0. The van der Waals surface area contributed by atoms with E-state index in [1.165, 1.54) is 19.8 Å². The van der Waals surface area contributed by atoms with Crippen LogP contribution in [0.15, 0.2) is 29.1 Å². The molecule has 0 spiro atoms. The quantitative estimate of drug-likeness (QED) is 0.707. The summed E-state index contributed by atoms with van der Waals surface area (Å²) in [6.45, 7) is 1.27. The number of nitrogens with zero attached hydrogens (tertiary/aromatic N) is 5. The molecule has 1 saturated heterocycles.